The molecule has 3 aromatic carbocycles. The third kappa shape index (κ3) is 2.04. The van der Waals surface area contributed by atoms with Crippen LogP contribution in [-0.2, 0) is 6.42 Å². The Labute approximate surface area is 147 Å². The minimum Gasteiger partial charge on any atom is -0.0773 e. The average molecular weight is 326 g/mol. The molecule has 0 spiro atoms. The van der Waals surface area contributed by atoms with Crippen molar-refractivity contribution in [1.82, 2.24) is 0 Å². The van der Waals surface area contributed by atoms with Crippen LogP contribution in [0.15, 0.2) is 54.6 Å². The molecule has 0 heterocycles. The van der Waals surface area contributed by atoms with Crippen molar-refractivity contribution in [3.8, 4) is 0 Å². The molecule has 0 aliphatic heterocycles. The number of fused-ring (bicyclic) bond motifs is 4. The first-order valence-electron chi connectivity index (χ1n) is 9.16. The van der Waals surface area contributed by atoms with E-state index < -0.39 is 0 Å². The van der Waals surface area contributed by atoms with Gasteiger partial charge in [-0.05, 0) is 75.8 Å². The first kappa shape index (κ1) is 14.5. The summed E-state index contributed by atoms with van der Waals surface area (Å²) in [6.45, 7) is 0. The molecule has 2 aliphatic rings. The molecule has 117 valence electrons. The van der Waals surface area contributed by atoms with Gasteiger partial charge in [0.2, 0.25) is 0 Å². The Kier molecular flexibility index (Phi) is 3.38. The van der Waals surface area contributed by atoms with Crippen molar-refractivity contribution in [2.75, 3.05) is 0 Å². The van der Waals surface area contributed by atoms with Crippen LogP contribution in [0.5, 0.6) is 0 Å². The second kappa shape index (κ2) is 5.60. The lowest BCUT2D eigenvalue weighted by Crippen LogP contribution is -2.01. The van der Waals surface area contributed by atoms with Crippen LogP contribution in [0.4, 0.5) is 0 Å². The first-order chi connectivity index (χ1) is 11.9. The van der Waals surface area contributed by atoms with Gasteiger partial charge >= 0.3 is 0 Å². The van der Waals surface area contributed by atoms with Gasteiger partial charge < -0.3 is 0 Å². The van der Waals surface area contributed by atoms with Gasteiger partial charge in [0.05, 0.1) is 0 Å². The molecule has 0 saturated heterocycles. The van der Waals surface area contributed by atoms with Gasteiger partial charge in [0.25, 0.3) is 0 Å². The Hall–Kier alpha value is -1.86. The summed E-state index contributed by atoms with van der Waals surface area (Å²) >= 11 is 0. The van der Waals surface area contributed by atoms with Gasteiger partial charge in [-0.2, -0.15) is 0 Å². The van der Waals surface area contributed by atoms with Gasteiger partial charge in [-0.25, -0.2) is 0 Å². The molecule has 2 aliphatic carbocycles. The molecule has 2 unspecified atom stereocenters. The number of aryl methyl sites for hydroxylation is 1. The summed E-state index contributed by atoms with van der Waals surface area (Å²) in [7, 11) is 3.71. The van der Waals surface area contributed by atoms with Crippen molar-refractivity contribution >= 4 is 37.4 Å². The Balaban J connectivity index is 1.91. The molecule has 0 amide bonds. The van der Waals surface area contributed by atoms with Crippen LogP contribution in [-0.4, -0.2) is 10.2 Å². The van der Waals surface area contributed by atoms with E-state index in [1.165, 1.54) is 51.9 Å². The van der Waals surface area contributed by atoms with Crippen molar-refractivity contribution in [1.29, 1.82) is 0 Å². The number of rotatable bonds is 3. The summed E-state index contributed by atoms with van der Waals surface area (Å²) < 4.78 is 0. The summed E-state index contributed by atoms with van der Waals surface area (Å²) in [5.41, 5.74) is 4.64. The minimum absolute atomic E-state index is 0.781. The number of benzene rings is 3. The third-order valence-corrected chi connectivity index (χ3v) is 6.28. The van der Waals surface area contributed by atoms with Crippen LogP contribution in [0, 0.1) is 11.8 Å². The molecule has 1 saturated carbocycles. The Morgan fingerprint density at radius 3 is 1.96 bits per heavy atom. The smallest absolute Gasteiger partial charge is 0.0225 e. The summed E-state index contributed by atoms with van der Waals surface area (Å²) in [6, 6.07) is 19.1. The molecule has 1 fully saturated rings. The lowest BCUT2D eigenvalue weighted by Gasteiger charge is -2.21. The quantitative estimate of drug-likeness (QED) is 0.413. The standard InChI is InChI=1S/C23H21Si/c24-12-11-19-17-5-1-3-7-20(17)23(21-8-4-2-6-18(19)21)22-14-15-9-10-16(22)13-15/h1-8,14-16H,9-13H2. The fourth-order valence-electron chi connectivity index (χ4n) is 5.05. The zero-order valence-corrected chi connectivity index (χ0v) is 14.9. The maximum atomic E-state index is 3.71. The van der Waals surface area contributed by atoms with E-state index in [1.54, 1.807) is 5.57 Å². The fourth-order valence-corrected chi connectivity index (χ4v) is 5.30. The van der Waals surface area contributed by atoms with Gasteiger partial charge in [0.1, 0.15) is 0 Å². The molecule has 24 heavy (non-hydrogen) atoms. The van der Waals surface area contributed by atoms with Gasteiger partial charge in [0.15, 0.2) is 0 Å². The van der Waals surface area contributed by atoms with E-state index in [0.717, 1.165) is 24.3 Å². The predicted molar refractivity (Wildman–Crippen MR) is 105 cm³/mol. The van der Waals surface area contributed by atoms with Crippen LogP contribution in [0.3, 0.4) is 0 Å². The summed E-state index contributed by atoms with van der Waals surface area (Å²) in [6.07, 6.45) is 7.81. The van der Waals surface area contributed by atoms with E-state index in [0.29, 0.717) is 0 Å². The Bertz CT molecular complexity index is 909. The number of allylic oxidation sites excluding steroid dienone is 2. The second-order valence-corrected chi connectivity index (χ2v) is 7.84. The summed E-state index contributed by atoms with van der Waals surface area (Å²) in [5.74, 6) is 1.60. The van der Waals surface area contributed by atoms with Gasteiger partial charge in [-0.15, -0.1) is 0 Å². The monoisotopic (exact) mass is 325 g/mol. The second-order valence-electron chi connectivity index (χ2n) is 7.34. The van der Waals surface area contributed by atoms with E-state index in [-0.39, 0.29) is 0 Å². The zero-order chi connectivity index (χ0) is 16.1. The number of hydrogen-bond acceptors (Lipinski definition) is 0. The minimum atomic E-state index is 0.781. The van der Waals surface area contributed by atoms with Crippen LogP contribution >= 0.6 is 0 Å². The van der Waals surface area contributed by atoms with E-state index in [1.807, 2.05) is 0 Å². The molecule has 2 bridgehead atoms. The topological polar surface area (TPSA) is 0 Å². The molecule has 3 radical (unpaired) electrons. The normalized spacial score (nSPS) is 22.5. The van der Waals surface area contributed by atoms with Crippen molar-refractivity contribution in [3.05, 3.63) is 65.7 Å². The van der Waals surface area contributed by atoms with E-state index in [4.69, 9.17) is 0 Å². The van der Waals surface area contributed by atoms with Gasteiger partial charge in [-0.3, -0.25) is 0 Å². The SMILES string of the molecule is [Si]CCc1c2ccccc2c(C2=CC3CCC2C3)c2ccccc12. The highest BCUT2D eigenvalue weighted by Gasteiger charge is 2.34. The third-order valence-electron chi connectivity index (χ3n) is 6.03. The first-order valence-corrected chi connectivity index (χ1v) is 9.86. The maximum absolute atomic E-state index is 3.71. The van der Waals surface area contributed by atoms with Crippen LogP contribution in [0.1, 0.15) is 30.4 Å². The van der Waals surface area contributed by atoms with Crippen LogP contribution in [0.25, 0.3) is 27.1 Å². The maximum Gasteiger partial charge on any atom is 0.0225 e. The highest BCUT2D eigenvalue weighted by molar-refractivity contribution is 6.13. The molecular weight excluding hydrogens is 304 g/mol. The lowest BCUT2D eigenvalue weighted by molar-refractivity contribution is 0.695. The van der Waals surface area contributed by atoms with E-state index in [9.17, 15) is 0 Å². The van der Waals surface area contributed by atoms with Crippen LogP contribution < -0.4 is 0 Å². The van der Waals surface area contributed by atoms with Crippen molar-refractivity contribution in [2.45, 2.75) is 31.7 Å². The van der Waals surface area contributed by atoms with Crippen molar-refractivity contribution < 1.29 is 0 Å². The molecular formula is C23H21Si. The summed E-state index contributed by atoms with van der Waals surface area (Å²) in [5, 5.41) is 5.77. The molecule has 3 aromatic rings. The molecule has 1 heteroatoms. The predicted octanol–water partition coefficient (Wildman–Crippen LogP) is 5.94. The molecule has 0 N–H and O–H groups in total. The lowest BCUT2D eigenvalue weighted by atomic mass is 9.83. The largest absolute Gasteiger partial charge is 0.0773 e. The molecule has 5 rings (SSSR count). The Morgan fingerprint density at radius 1 is 0.833 bits per heavy atom. The summed E-state index contributed by atoms with van der Waals surface area (Å²) in [4.78, 5) is 0. The number of hydrogen-bond donors (Lipinski definition) is 0. The van der Waals surface area contributed by atoms with Crippen molar-refractivity contribution in [2.24, 2.45) is 11.8 Å². The highest BCUT2D eigenvalue weighted by Crippen LogP contribution is 2.51. The molecule has 0 nitrogen and oxygen atoms in total. The van der Waals surface area contributed by atoms with E-state index in [2.05, 4.69) is 64.8 Å². The van der Waals surface area contributed by atoms with Crippen molar-refractivity contribution in [3.63, 3.8) is 0 Å². The van der Waals surface area contributed by atoms with E-state index >= 15 is 0 Å². The highest BCUT2D eigenvalue weighted by atomic mass is 28.1. The molecule has 2 atom stereocenters. The van der Waals surface area contributed by atoms with Gasteiger partial charge in [-0.1, -0.05) is 60.7 Å². The Morgan fingerprint density at radius 2 is 1.46 bits per heavy atom. The average Bonchev–Trinajstić information content (AvgIpc) is 3.25. The zero-order valence-electron chi connectivity index (χ0n) is 13.9. The van der Waals surface area contributed by atoms with Gasteiger partial charge in [0, 0.05) is 10.2 Å². The molecule has 0 aromatic heterocycles. The van der Waals surface area contributed by atoms with Crippen LogP contribution in [0.2, 0.25) is 6.04 Å². The fraction of sp³-hybridized carbons (Fsp3) is 0.304.